The van der Waals surface area contributed by atoms with Crippen LogP contribution in [0.25, 0.3) is 0 Å². The first kappa shape index (κ1) is 19.8. The summed E-state index contributed by atoms with van der Waals surface area (Å²) in [7, 11) is 0. The molecule has 2 aromatic carbocycles. The second kappa shape index (κ2) is 9.79. The maximum Gasteiger partial charge on any atom is 0.340 e. The van der Waals surface area contributed by atoms with Crippen LogP contribution < -0.4 is 10.6 Å². The van der Waals surface area contributed by atoms with Crippen LogP contribution in [0.4, 0.5) is 5.69 Å². The molecule has 0 saturated heterocycles. The molecule has 0 aliphatic carbocycles. The Morgan fingerprint density at radius 3 is 2.69 bits per heavy atom. The van der Waals surface area contributed by atoms with E-state index in [9.17, 15) is 9.59 Å². The zero-order chi connectivity index (χ0) is 18.9. The molecule has 2 aromatic rings. The molecule has 0 radical (unpaired) electrons. The summed E-state index contributed by atoms with van der Waals surface area (Å²) in [4.78, 5) is 24.2. The lowest BCUT2D eigenvalue weighted by Crippen LogP contribution is -2.31. The fourth-order valence-corrected chi connectivity index (χ4v) is 2.56. The second-order valence-electron chi connectivity index (χ2n) is 5.62. The molecule has 1 atom stereocenters. The van der Waals surface area contributed by atoms with E-state index >= 15 is 0 Å². The molecular weight excluding hydrogens is 356 g/mol. The summed E-state index contributed by atoms with van der Waals surface area (Å²) in [5.41, 5.74) is 1.70. The Kier molecular flexibility index (Phi) is 7.44. The zero-order valence-corrected chi connectivity index (χ0v) is 15.1. The van der Waals surface area contributed by atoms with Crippen LogP contribution in [0.1, 0.15) is 28.9 Å². The van der Waals surface area contributed by atoms with Gasteiger partial charge in [-0.05, 0) is 36.8 Å². The number of esters is 1. The number of carbonyl (C=O) groups is 2. The molecule has 0 spiro atoms. The number of aliphatic hydroxyl groups excluding tert-OH is 1. The molecule has 3 N–H and O–H groups in total. The van der Waals surface area contributed by atoms with Crippen LogP contribution in [-0.2, 0) is 9.53 Å². The number of aliphatic hydroxyl groups is 1. The monoisotopic (exact) mass is 376 g/mol. The lowest BCUT2D eigenvalue weighted by atomic mass is 10.1. The van der Waals surface area contributed by atoms with Crippen LogP contribution in [0.15, 0.2) is 48.5 Å². The molecule has 0 aromatic heterocycles. The van der Waals surface area contributed by atoms with Crippen LogP contribution in [0, 0.1) is 0 Å². The van der Waals surface area contributed by atoms with Gasteiger partial charge in [0.05, 0.1) is 18.2 Å². The molecule has 0 unspecified atom stereocenters. The summed E-state index contributed by atoms with van der Waals surface area (Å²) in [6, 6.07) is 13.7. The van der Waals surface area contributed by atoms with E-state index < -0.39 is 18.5 Å². The Labute approximate surface area is 157 Å². The van der Waals surface area contributed by atoms with Crippen molar-refractivity contribution in [3.05, 3.63) is 64.7 Å². The molecular formula is C19H21ClN2O4. The first-order valence-corrected chi connectivity index (χ1v) is 8.54. The topological polar surface area (TPSA) is 87.7 Å². The third-order valence-corrected chi connectivity index (χ3v) is 3.87. The highest BCUT2D eigenvalue weighted by molar-refractivity contribution is 6.30. The fraction of sp³-hybridized carbons (Fsp3) is 0.263. The minimum Gasteiger partial charge on any atom is -0.452 e. The SMILES string of the molecule is C[C@H](NC(=O)COC(=O)c1ccccc1NCCO)c1cccc(Cl)c1. The van der Waals surface area contributed by atoms with Crippen molar-refractivity contribution in [1.82, 2.24) is 5.32 Å². The van der Waals surface area contributed by atoms with Gasteiger partial charge in [-0.2, -0.15) is 0 Å². The number of benzene rings is 2. The number of para-hydroxylation sites is 1. The Hall–Kier alpha value is -2.57. The maximum absolute atomic E-state index is 12.2. The van der Waals surface area contributed by atoms with Gasteiger partial charge in [0.1, 0.15) is 0 Å². The van der Waals surface area contributed by atoms with E-state index in [0.29, 0.717) is 22.8 Å². The molecule has 138 valence electrons. The highest BCUT2D eigenvalue weighted by Gasteiger charge is 2.15. The number of hydrogen-bond acceptors (Lipinski definition) is 5. The van der Waals surface area contributed by atoms with Crippen molar-refractivity contribution in [2.45, 2.75) is 13.0 Å². The molecule has 0 aliphatic heterocycles. The van der Waals surface area contributed by atoms with Gasteiger partial charge in [0.2, 0.25) is 0 Å². The Balaban J connectivity index is 1.90. The standard InChI is InChI=1S/C19H21ClN2O4/c1-13(14-5-4-6-15(20)11-14)22-18(24)12-26-19(25)16-7-2-3-8-17(16)21-9-10-23/h2-8,11,13,21,23H,9-10,12H2,1H3,(H,22,24)/t13-/m0/s1. The summed E-state index contributed by atoms with van der Waals surface area (Å²) < 4.78 is 5.09. The number of amides is 1. The smallest absolute Gasteiger partial charge is 0.340 e. The van der Waals surface area contributed by atoms with E-state index in [-0.39, 0.29) is 12.6 Å². The minimum absolute atomic E-state index is 0.0623. The number of anilines is 1. The Morgan fingerprint density at radius 1 is 1.19 bits per heavy atom. The number of ether oxygens (including phenoxy) is 1. The highest BCUT2D eigenvalue weighted by Crippen LogP contribution is 2.18. The van der Waals surface area contributed by atoms with Crippen LogP contribution in [-0.4, -0.2) is 36.7 Å². The van der Waals surface area contributed by atoms with E-state index in [1.165, 1.54) is 0 Å². The van der Waals surface area contributed by atoms with Crippen LogP contribution >= 0.6 is 11.6 Å². The number of carbonyl (C=O) groups excluding carboxylic acids is 2. The molecule has 0 aliphatic rings. The molecule has 0 bridgehead atoms. The van der Waals surface area contributed by atoms with Crippen molar-refractivity contribution < 1.29 is 19.4 Å². The van der Waals surface area contributed by atoms with Gasteiger partial charge in [0.15, 0.2) is 6.61 Å². The number of hydrogen-bond donors (Lipinski definition) is 3. The summed E-state index contributed by atoms with van der Waals surface area (Å²) in [5, 5.41) is 15.2. The molecule has 26 heavy (non-hydrogen) atoms. The highest BCUT2D eigenvalue weighted by atomic mass is 35.5. The van der Waals surface area contributed by atoms with Gasteiger partial charge in [0.25, 0.3) is 5.91 Å². The minimum atomic E-state index is -0.614. The van der Waals surface area contributed by atoms with Gasteiger partial charge < -0.3 is 20.5 Å². The Morgan fingerprint density at radius 2 is 1.96 bits per heavy atom. The van der Waals surface area contributed by atoms with Gasteiger partial charge in [0, 0.05) is 17.3 Å². The third-order valence-electron chi connectivity index (χ3n) is 3.63. The predicted octanol–water partition coefficient (Wildman–Crippen LogP) is 2.78. The third kappa shape index (κ3) is 5.75. The fourth-order valence-electron chi connectivity index (χ4n) is 2.36. The van der Waals surface area contributed by atoms with Crippen LogP contribution in [0.2, 0.25) is 5.02 Å². The van der Waals surface area contributed by atoms with E-state index in [4.69, 9.17) is 21.4 Å². The van der Waals surface area contributed by atoms with Crippen molar-refractivity contribution >= 4 is 29.2 Å². The number of halogens is 1. The first-order valence-electron chi connectivity index (χ1n) is 8.17. The molecule has 2 rings (SSSR count). The summed E-state index contributed by atoms with van der Waals surface area (Å²) in [6.07, 6.45) is 0. The van der Waals surface area contributed by atoms with Gasteiger partial charge in [-0.25, -0.2) is 4.79 Å². The van der Waals surface area contributed by atoms with Crippen molar-refractivity contribution in [3.63, 3.8) is 0 Å². The average molecular weight is 377 g/mol. The van der Waals surface area contributed by atoms with Crippen LogP contribution in [0.5, 0.6) is 0 Å². The maximum atomic E-state index is 12.2. The van der Waals surface area contributed by atoms with Gasteiger partial charge >= 0.3 is 5.97 Å². The average Bonchev–Trinajstić information content (AvgIpc) is 2.64. The summed E-state index contributed by atoms with van der Waals surface area (Å²) >= 11 is 5.94. The first-order chi connectivity index (χ1) is 12.5. The number of nitrogens with one attached hydrogen (secondary N) is 2. The van der Waals surface area contributed by atoms with Gasteiger partial charge in [-0.15, -0.1) is 0 Å². The van der Waals surface area contributed by atoms with Crippen molar-refractivity contribution in [2.75, 3.05) is 25.1 Å². The predicted molar refractivity (Wildman–Crippen MR) is 100 cm³/mol. The molecule has 0 heterocycles. The summed E-state index contributed by atoms with van der Waals surface area (Å²) in [6.45, 7) is 1.67. The van der Waals surface area contributed by atoms with E-state index in [1.54, 1.807) is 42.5 Å². The number of rotatable bonds is 8. The normalized spacial score (nSPS) is 11.5. The quantitative estimate of drug-likeness (QED) is 0.616. The van der Waals surface area contributed by atoms with Gasteiger partial charge in [-0.1, -0.05) is 35.9 Å². The lowest BCUT2D eigenvalue weighted by Gasteiger charge is -2.15. The second-order valence-corrected chi connectivity index (χ2v) is 6.05. The Bertz CT molecular complexity index is 767. The van der Waals surface area contributed by atoms with Crippen molar-refractivity contribution in [2.24, 2.45) is 0 Å². The van der Waals surface area contributed by atoms with Crippen LogP contribution in [0.3, 0.4) is 0 Å². The van der Waals surface area contributed by atoms with E-state index in [1.807, 2.05) is 13.0 Å². The molecule has 7 heteroatoms. The van der Waals surface area contributed by atoms with E-state index in [2.05, 4.69) is 10.6 Å². The lowest BCUT2D eigenvalue weighted by molar-refractivity contribution is -0.124. The largest absolute Gasteiger partial charge is 0.452 e. The molecule has 0 fully saturated rings. The molecule has 6 nitrogen and oxygen atoms in total. The zero-order valence-electron chi connectivity index (χ0n) is 14.4. The van der Waals surface area contributed by atoms with E-state index in [0.717, 1.165) is 5.56 Å². The molecule has 1 amide bonds. The molecule has 0 saturated carbocycles. The van der Waals surface area contributed by atoms with Crippen molar-refractivity contribution in [3.8, 4) is 0 Å². The van der Waals surface area contributed by atoms with Crippen molar-refractivity contribution in [1.29, 1.82) is 0 Å². The summed E-state index contributed by atoms with van der Waals surface area (Å²) in [5.74, 6) is -1.02. The van der Waals surface area contributed by atoms with Gasteiger partial charge in [-0.3, -0.25) is 4.79 Å².